The highest BCUT2D eigenvalue weighted by Crippen LogP contribution is 2.20. The number of benzene rings is 1. The number of carboxylic acids is 1. The molecular weight excluding hydrogens is 214 g/mol. The van der Waals surface area contributed by atoms with Gasteiger partial charge in [-0.15, -0.1) is 0 Å². The summed E-state index contributed by atoms with van der Waals surface area (Å²) >= 11 is 5.22. The zero-order valence-corrected chi connectivity index (χ0v) is 7.55. The highest BCUT2D eigenvalue weighted by Gasteiger charge is 2.07. The van der Waals surface area contributed by atoms with E-state index in [-0.39, 0.29) is 5.56 Å². The van der Waals surface area contributed by atoms with E-state index in [0.29, 0.717) is 0 Å². The van der Waals surface area contributed by atoms with E-state index in [2.05, 4.69) is 0 Å². The molecule has 0 amide bonds. The molecular formula is C9H5ClF2O2. The molecule has 0 aliphatic rings. The number of carboxylic acid groups (broad SMARTS) is 1. The van der Waals surface area contributed by atoms with Crippen molar-refractivity contribution in [1.82, 2.24) is 0 Å². The molecule has 5 heteroatoms. The van der Waals surface area contributed by atoms with Crippen LogP contribution in [0.2, 0.25) is 5.02 Å². The topological polar surface area (TPSA) is 37.3 Å². The largest absolute Gasteiger partial charge is 0.478 e. The highest BCUT2D eigenvalue weighted by molar-refractivity contribution is 6.30. The second-order valence-corrected chi connectivity index (χ2v) is 2.85. The van der Waals surface area contributed by atoms with Gasteiger partial charge in [0.15, 0.2) is 0 Å². The Morgan fingerprint density at radius 3 is 2.29 bits per heavy atom. The minimum atomic E-state index is -1.19. The summed E-state index contributed by atoms with van der Waals surface area (Å²) < 4.78 is 25.6. The molecule has 1 aromatic carbocycles. The fraction of sp³-hybridized carbons (Fsp3) is 0. The van der Waals surface area contributed by atoms with Gasteiger partial charge in [-0.3, -0.25) is 0 Å². The maximum atomic E-state index is 12.8. The first-order valence-corrected chi connectivity index (χ1v) is 3.94. The second kappa shape index (κ2) is 4.19. The summed E-state index contributed by atoms with van der Waals surface area (Å²) in [5.41, 5.74) is 0.104. The monoisotopic (exact) mass is 218 g/mol. The van der Waals surface area contributed by atoms with Crippen molar-refractivity contribution >= 4 is 23.6 Å². The molecule has 0 aromatic heterocycles. The summed E-state index contributed by atoms with van der Waals surface area (Å²) in [7, 11) is 0. The molecule has 74 valence electrons. The molecule has 1 rings (SSSR count). The molecule has 1 N–H and O–H groups in total. The van der Waals surface area contributed by atoms with Crippen LogP contribution in [0.15, 0.2) is 18.2 Å². The van der Waals surface area contributed by atoms with Gasteiger partial charge in [-0.25, -0.2) is 13.6 Å². The molecule has 0 aliphatic heterocycles. The van der Waals surface area contributed by atoms with Crippen LogP contribution in [0.25, 0.3) is 6.08 Å². The first-order valence-electron chi connectivity index (χ1n) is 3.56. The molecule has 0 atom stereocenters. The molecule has 14 heavy (non-hydrogen) atoms. The molecule has 2 nitrogen and oxygen atoms in total. The number of hydrogen-bond acceptors (Lipinski definition) is 1. The third-order valence-corrected chi connectivity index (χ3v) is 1.79. The molecule has 0 unspecified atom stereocenters. The highest BCUT2D eigenvalue weighted by atomic mass is 35.5. The van der Waals surface area contributed by atoms with Crippen LogP contribution in [-0.2, 0) is 4.79 Å². The van der Waals surface area contributed by atoms with Gasteiger partial charge in [0, 0.05) is 6.08 Å². The minimum absolute atomic E-state index is 0.104. The van der Waals surface area contributed by atoms with Gasteiger partial charge in [-0.1, -0.05) is 11.6 Å². The minimum Gasteiger partial charge on any atom is -0.478 e. The quantitative estimate of drug-likeness (QED) is 0.612. The van der Waals surface area contributed by atoms with E-state index in [4.69, 9.17) is 16.7 Å². The van der Waals surface area contributed by atoms with Crippen LogP contribution in [0, 0.1) is 11.6 Å². The van der Waals surface area contributed by atoms with Crippen molar-refractivity contribution in [3.8, 4) is 0 Å². The van der Waals surface area contributed by atoms with Gasteiger partial charge in [0.1, 0.15) is 16.7 Å². The van der Waals surface area contributed by atoms with Crippen molar-refractivity contribution in [1.29, 1.82) is 0 Å². The lowest BCUT2D eigenvalue weighted by Crippen LogP contribution is -1.88. The van der Waals surface area contributed by atoms with Crippen molar-refractivity contribution < 1.29 is 18.7 Å². The van der Waals surface area contributed by atoms with Crippen LogP contribution in [0.5, 0.6) is 0 Å². The van der Waals surface area contributed by atoms with E-state index in [1.165, 1.54) is 0 Å². The van der Waals surface area contributed by atoms with Gasteiger partial charge in [-0.2, -0.15) is 0 Å². The standard InChI is InChI=1S/C9H5ClF2O2/c10-9-6(11)3-5(4-7(9)12)1-2-8(13)14/h1-4H,(H,13,14). The Balaban J connectivity index is 3.07. The first-order chi connectivity index (χ1) is 6.50. The SMILES string of the molecule is O=C(O)C=Cc1cc(F)c(Cl)c(F)c1. The van der Waals surface area contributed by atoms with Crippen LogP contribution < -0.4 is 0 Å². The summed E-state index contributed by atoms with van der Waals surface area (Å²) in [6.45, 7) is 0. The predicted octanol–water partition coefficient (Wildman–Crippen LogP) is 2.72. The van der Waals surface area contributed by atoms with Crippen LogP contribution in [0.4, 0.5) is 8.78 Å². The van der Waals surface area contributed by atoms with Gasteiger partial charge in [0.05, 0.1) is 0 Å². The maximum Gasteiger partial charge on any atom is 0.328 e. The third-order valence-electron chi connectivity index (χ3n) is 1.42. The van der Waals surface area contributed by atoms with Crippen molar-refractivity contribution in [2.45, 2.75) is 0 Å². The summed E-state index contributed by atoms with van der Waals surface area (Å²) in [5.74, 6) is -3.03. The molecule has 0 fully saturated rings. The van der Waals surface area contributed by atoms with Gasteiger partial charge in [0.2, 0.25) is 0 Å². The van der Waals surface area contributed by atoms with Crippen LogP contribution in [0.1, 0.15) is 5.56 Å². The maximum absolute atomic E-state index is 12.8. The molecule has 0 saturated carbocycles. The van der Waals surface area contributed by atoms with Crippen LogP contribution >= 0.6 is 11.6 Å². The smallest absolute Gasteiger partial charge is 0.328 e. The average molecular weight is 219 g/mol. The van der Waals surface area contributed by atoms with E-state index in [1.807, 2.05) is 0 Å². The average Bonchev–Trinajstić information content (AvgIpc) is 2.10. The number of halogens is 3. The third kappa shape index (κ3) is 2.53. The summed E-state index contributed by atoms with van der Waals surface area (Å²) in [4.78, 5) is 10.1. The summed E-state index contributed by atoms with van der Waals surface area (Å²) in [5, 5.41) is 7.67. The Kier molecular flexibility index (Phi) is 3.19. The molecule has 0 spiro atoms. The lowest BCUT2D eigenvalue weighted by atomic mass is 10.2. The fourth-order valence-electron chi connectivity index (χ4n) is 0.839. The normalized spacial score (nSPS) is 10.8. The predicted molar refractivity (Wildman–Crippen MR) is 48.0 cm³/mol. The molecule has 0 bridgehead atoms. The Bertz CT molecular complexity index is 379. The van der Waals surface area contributed by atoms with Crippen molar-refractivity contribution in [3.05, 3.63) is 40.4 Å². The van der Waals surface area contributed by atoms with E-state index in [0.717, 1.165) is 24.3 Å². The van der Waals surface area contributed by atoms with E-state index in [1.54, 1.807) is 0 Å². The Hall–Kier alpha value is -1.42. The Morgan fingerprint density at radius 2 is 1.86 bits per heavy atom. The van der Waals surface area contributed by atoms with Crippen molar-refractivity contribution in [2.75, 3.05) is 0 Å². The van der Waals surface area contributed by atoms with Gasteiger partial charge in [0.25, 0.3) is 0 Å². The molecule has 0 saturated heterocycles. The Morgan fingerprint density at radius 1 is 1.36 bits per heavy atom. The van der Waals surface area contributed by atoms with E-state index < -0.39 is 22.6 Å². The van der Waals surface area contributed by atoms with Gasteiger partial charge in [-0.05, 0) is 23.8 Å². The summed E-state index contributed by atoms with van der Waals surface area (Å²) in [6, 6.07) is 1.90. The van der Waals surface area contributed by atoms with Crippen LogP contribution in [0.3, 0.4) is 0 Å². The molecule has 0 heterocycles. The lowest BCUT2D eigenvalue weighted by Gasteiger charge is -1.98. The van der Waals surface area contributed by atoms with Gasteiger partial charge >= 0.3 is 5.97 Å². The summed E-state index contributed by atoms with van der Waals surface area (Å²) in [6.07, 6.45) is 1.85. The first kappa shape index (κ1) is 10.7. The number of rotatable bonds is 2. The Labute approximate surface area is 83.4 Å². The number of hydrogen-bond donors (Lipinski definition) is 1. The molecule has 0 radical (unpaired) electrons. The zero-order valence-electron chi connectivity index (χ0n) is 6.80. The van der Waals surface area contributed by atoms with Gasteiger partial charge < -0.3 is 5.11 Å². The van der Waals surface area contributed by atoms with Crippen molar-refractivity contribution in [3.63, 3.8) is 0 Å². The van der Waals surface area contributed by atoms with E-state index >= 15 is 0 Å². The zero-order chi connectivity index (χ0) is 10.7. The van der Waals surface area contributed by atoms with E-state index in [9.17, 15) is 13.6 Å². The van der Waals surface area contributed by atoms with Crippen molar-refractivity contribution in [2.24, 2.45) is 0 Å². The second-order valence-electron chi connectivity index (χ2n) is 2.47. The molecule has 1 aromatic rings. The number of aliphatic carboxylic acids is 1. The van der Waals surface area contributed by atoms with Crippen LogP contribution in [-0.4, -0.2) is 11.1 Å². The number of carbonyl (C=O) groups is 1. The fourth-order valence-corrected chi connectivity index (χ4v) is 0.948. The lowest BCUT2D eigenvalue weighted by molar-refractivity contribution is -0.131. The molecule has 0 aliphatic carbocycles.